The van der Waals surface area contributed by atoms with E-state index in [1.807, 2.05) is 39.0 Å². The number of carbonyl (C=O) groups excluding carboxylic acids is 2. The van der Waals surface area contributed by atoms with Crippen LogP contribution in [0, 0.1) is 13.8 Å². The fourth-order valence-corrected chi connectivity index (χ4v) is 1.37. The zero-order chi connectivity index (χ0) is 12.8. The highest BCUT2D eigenvalue weighted by molar-refractivity contribution is 6.39. The van der Waals surface area contributed by atoms with Gasteiger partial charge in [0.15, 0.2) is 0 Å². The van der Waals surface area contributed by atoms with Gasteiger partial charge in [0, 0.05) is 12.2 Å². The normalized spacial score (nSPS) is 9.82. The minimum Gasteiger partial charge on any atom is -0.348 e. The van der Waals surface area contributed by atoms with Gasteiger partial charge in [-0.15, -0.1) is 0 Å². The zero-order valence-corrected chi connectivity index (χ0v) is 10.5. The molecule has 0 aliphatic heterocycles. The monoisotopic (exact) mass is 234 g/mol. The van der Waals surface area contributed by atoms with Crippen LogP contribution >= 0.6 is 0 Å². The van der Waals surface area contributed by atoms with Gasteiger partial charge in [0.2, 0.25) is 0 Å². The standard InChI is InChI=1S/C13H18N2O2/c1-4-7-14-12(16)13(17)15-11-8-9(2)5-6-10(11)3/h5-6,8H,4,7H2,1-3H3,(H,14,16)(H,15,17). The lowest BCUT2D eigenvalue weighted by Crippen LogP contribution is -2.35. The van der Waals surface area contributed by atoms with Crippen LogP contribution in [0.2, 0.25) is 0 Å². The average molecular weight is 234 g/mol. The third kappa shape index (κ3) is 3.90. The summed E-state index contributed by atoms with van der Waals surface area (Å²) in [6.45, 7) is 6.27. The summed E-state index contributed by atoms with van der Waals surface area (Å²) < 4.78 is 0. The molecule has 2 amide bonds. The molecule has 0 saturated heterocycles. The van der Waals surface area contributed by atoms with E-state index in [0.29, 0.717) is 12.2 Å². The van der Waals surface area contributed by atoms with Crippen LogP contribution in [-0.4, -0.2) is 18.4 Å². The molecule has 0 radical (unpaired) electrons. The molecule has 0 unspecified atom stereocenters. The van der Waals surface area contributed by atoms with Gasteiger partial charge in [-0.1, -0.05) is 19.1 Å². The molecule has 0 spiro atoms. The van der Waals surface area contributed by atoms with Crippen LogP contribution in [0.1, 0.15) is 24.5 Å². The summed E-state index contributed by atoms with van der Waals surface area (Å²) in [5, 5.41) is 5.14. The van der Waals surface area contributed by atoms with E-state index in [1.165, 1.54) is 0 Å². The van der Waals surface area contributed by atoms with Gasteiger partial charge in [-0.25, -0.2) is 0 Å². The SMILES string of the molecule is CCCNC(=O)C(=O)Nc1cc(C)ccc1C. The highest BCUT2D eigenvalue weighted by Gasteiger charge is 2.13. The van der Waals surface area contributed by atoms with Crippen LogP contribution in [0.3, 0.4) is 0 Å². The molecule has 17 heavy (non-hydrogen) atoms. The summed E-state index contributed by atoms with van der Waals surface area (Å²) in [5.74, 6) is -1.21. The number of nitrogens with one attached hydrogen (secondary N) is 2. The molecule has 0 fully saturated rings. The van der Waals surface area contributed by atoms with E-state index < -0.39 is 11.8 Å². The number of hydrogen-bond acceptors (Lipinski definition) is 2. The smallest absolute Gasteiger partial charge is 0.313 e. The van der Waals surface area contributed by atoms with E-state index in [0.717, 1.165) is 17.5 Å². The Bertz CT molecular complexity index is 427. The van der Waals surface area contributed by atoms with Crippen molar-refractivity contribution in [3.63, 3.8) is 0 Å². The first-order chi connectivity index (χ1) is 8.04. The minimum atomic E-state index is -0.618. The number of benzene rings is 1. The second-order valence-corrected chi connectivity index (χ2v) is 4.03. The number of aryl methyl sites for hydroxylation is 2. The van der Waals surface area contributed by atoms with Gasteiger partial charge in [-0.2, -0.15) is 0 Å². The van der Waals surface area contributed by atoms with Gasteiger partial charge in [0.1, 0.15) is 0 Å². The van der Waals surface area contributed by atoms with Crippen molar-refractivity contribution in [2.24, 2.45) is 0 Å². The Kier molecular flexibility index (Phi) is 4.69. The number of rotatable bonds is 3. The lowest BCUT2D eigenvalue weighted by Gasteiger charge is -2.09. The molecule has 0 atom stereocenters. The summed E-state index contributed by atoms with van der Waals surface area (Å²) >= 11 is 0. The Labute approximate surface area is 101 Å². The summed E-state index contributed by atoms with van der Waals surface area (Å²) in [6, 6.07) is 5.72. The summed E-state index contributed by atoms with van der Waals surface area (Å²) in [4.78, 5) is 22.9. The maximum atomic E-state index is 11.6. The molecular formula is C13H18N2O2. The van der Waals surface area contributed by atoms with Gasteiger partial charge < -0.3 is 10.6 Å². The van der Waals surface area contributed by atoms with Crippen molar-refractivity contribution in [3.05, 3.63) is 29.3 Å². The largest absolute Gasteiger partial charge is 0.348 e. The van der Waals surface area contributed by atoms with Crippen molar-refractivity contribution in [3.8, 4) is 0 Å². The molecule has 0 saturated carbocycles. The molecule has 1 aromatic rings. The molecule has 0 aliphatic rings. The predicted molar refractivity (Wildman–Crippen MR) is 67.8 cm³/mol. The Morgan fingerprint density at radius 2 is 1.88 bits per heavy atom. The first kappa shape index (κ1) is 13.2. The number of hydrogen-bond donors (Lipinski definition) is 2. The fourth-order valence-electron chi connectivity index (χ4n) is 1.37. The summed E-state index contributed by atoms with van der Waals surface area (Å²) in [5.41, 5.74) is 2.66. The van der Waals surface area contributed by atoms with Crippen LogP contribution in [0.4, 0.5) is 5.69 Å². The van der Waals surface area contributed by atoms with Gasteiger partial charge in [-0.3, -0.25) is 9.59 Å². The van der Waals surface area contributed by atoms with Crippen molar-refractivity contribution in [1.82, 2.24) is 5.32 Å². The van der Waals surface area contributed by atoms with E-state index in [2.05, 4.69) is 10.6 Å². The molecule has 92 valence electrons. The molecular weight excluding hydrogens is 216 g/mol. The van der Waals surface area contributed by atoms with Crippen molar-refractivity contribution < 1.29 is 9.59 Å². The molecule has 1 rings (SSSR count). The second-order valence-electron chi connectivity index (χ2n) is 4.03. The molecule has 0 bridgehead atoms. The molecule has 4 nitrogen and oxygen atoms in total. The second kappa shape index (κ2) is 6.03. The quantitative estimate of drug-likeness (QED) is 0.783. The lowest BCUT2D eigenvalue weighted by atomic mass is 10.1. The highest BCUT2D eigenvalue weighted by atomic mass is 16.2. The molecule has 2 N–H and O–H groups in total. The van der Waals surface area contributed by atoms with Crippen LogP contribution in [0.5, 0.6) is 0 Å². The van der Waals surface area contributed by atoms with Crippen LogP contribution in [0.25, 0.3) is 0 Å². The Morgan fingerprint density at radius 3 is 2.53 bits per heavy atom. The van der Waals surface area contributed by atoms with Crippen molar-refractivity contribution in [2.45, 2.75) is 27.2 Å². The number of carbonyl (C=O) groups is 2. The van der Waals surface area contributed by atoms with E-state index in [4.69, 9.17) is 0 Å². The van der Waals surface area contributed by atoms with E-state index in [1.54, 1.807) is 0 Å². The first-order valence-corrected chi connectivity index (χ1v) is 5.71. The van der Waals surface area contributed by atoms with Crippen LogP contribution in [0.15, 0.2) is 18.2 Å². The molecule has 4 heteroatoms. The highest BCUT2D eigenvalue weighted by Crippen LogP contribution is 2.15. The summed E-state index contributed by atoms with van der Waals surface area (Å²) in [6.07, 6.45) is 0.808. The predicted octanol–water partition coefficient (Wildman–Crippen LogP) is 1.77. The number of amides is 2. The molecule has 0 aromatic heterocycles. The molecule has 0 aliphatic carbocycles. The van der Waals surface area contributed by atoms with E-state index in [-0.39, 0.29) is 0 Å². The van der Waals surface area contributed by atoms with Crippen LogP contribution in [-0.2, 0) is 9.59 Å². The average Bonchev–Trinajstić information content (AvgIpc) is 2.30. The van der Waals surface area contributed by atoms with Crippen molar-refractivity contribution in [1.29, 1.82) is 0 Å². The Hall–Kier alpha value is -1.84. The maximum absolute atomic E-state index is 11.6. The zero-order valence-electron chi connectivity index (χ0n) is 10.5. The van der Waals surface area contributed by atoms with Gasteiger partial charge >= 0.3 is 11.8 Å². The van der Waals surface area contributed by atoms with E-state index >= 15 is 0 Å². The maximum Gasteiger partial charge on any atom is 0.313 e. The third-order valence-corrected chi connectivity index (χ3v) is 2.38. The van der Waals surface area contributed by atoms with Gasteiger partial charge in [-0.05, 0) is 37.5 Å². The lowest BCUT2D eigenvalue weighted by molar-refractivity contribution is -0.136. The first-order valence-electron chi connectivity index (χ1n) is 5.71. The molecule has 0 heterocycles. The Morgan fingerprint density at radius 1 is 1.18 bits per heavy atom. The van der Waals surface area contributed by atoms with Crippen molar-refractivity contribution >= 4 is 17.5 Å². The number of anilines is 1. The van der Waals surface area contributed by atoms with Crippen molar-refractivity contribution in [2.75, 3.05) is 11.9 Å². The third-order valence-electron chi connectivity index (χ3n) is 2.38. The van der Waals surface area contributed by atoms with Gasteiger partial charge in [0.25, 0.3) is 0 Å². The van der Waals surface area contributed by atoms with E-state index in [9.17, 15) is 9.59 Å². The van der Waals surface area contributed by atoms with Gasteiger partial charge in [0.05, 0.1) is 0 Å². The fraction of sp³-hybridized carbons (Fsp3) is 0.385. The van der Waals surface area contributed by atoms with Crippen LogP contribution < -0.4 is 10.6 Å². The Balaban J connectivity index is 2.67. The topological polar surface area (TPSA) is 58.2 Å². The molecule has 1 aromatic carbocycles. The minimum absolute atomic E-state index is 0.513. The summed E-state index contributed by atoms with van der Waals surface area (Å²) in [7, 11) is 0.